The van der Waals surface area contributed by atoms with Gasteiger partial charge in [-0.2, -0.15) is 0 Å². The summed E-state index contributed by atoms with van der Waals surface area (Å²) < 4.78 is 5.63. The summed E-state index contributed by atoms with van der Waals surface area (Å²) in [5.74, 6) is -1.59. The number of hydrogen-bond acceptors (Lipinski definition) is 3. The van der Waals surface area contributed by atoms with E-state index in [0.29, 0.717) is 6.42 Å². The number of carboxylic acid groups (broad SMARTS) is 1. The standard InChI is InChI=1S/C12H12O4/c1-12(2)6-8-5-7(10(13)11(14)15)3-4-9(8)16-12/h3-5H,6H2,1-2H3,(H,14,15). The smallest absolute Gasteiger partial charge is 0.377 e. The van der Waals surface area contributed by atoms with Crippen molar-refractivity contribution in [3.05, 3.63) is 29.3 Å². The minimum atomic E-state index is -1.43. The van der Waals surface area contributed by atoms with Crippen molar-refractivity contribution in [3.63, 3.8) is 0 Å². The van der Waals surface area contributed by atoms with Crippen LogP contribution in [0.25, 0.3) is 0 Å². The summed E-state index contributed by atoms with van der Waals surface area (Å²) >= 11 is 0. The fourth-order valence-corrected chi connectivity index (χ4v) is 1.87. The normalized spacial score (nSPS) is 16.4. The molecule has 4 heteroatoms. The van der Waals surface area contributed by atoms with Crippen molar-refractivity contribution in [1.82, 2.24) is 0 Å². The SMILES string of the molecule is CC1(C)Cc2cc(C(=O)C(=O)O)ccc2O1. The molecule has 1 heterocycles. The number of hydrogen-bond donors (Lipinski definition) is 1. The highest BCUT2D eigenvalue weighted by Gasteiger charge is 2.30. The third kappa shape index (κ3) is 1.78. The molecule has 0 bridgehead atoms. The van der Waals surface area contributed by atoms with Gasteiger partial charge in [0.15, 0.2) is 0 Å². The van der Waals surface area contributed by atoms with Crippen molar-refractivity contribution in [2.45, 2.75) is 25.9 Å². The van der Waals surface area contributed by atoms with Crippen LogP contribution in [-0.4, -0.2) is 22.5 Å². The average molecular weight is 220 g/mol. The van der Waals surface area contributed by atoms with Crippen LogP contribution in [-0.2, 0) is 11.2 Å². The molecule has 2 rings (SSSR count). The molecule has 0 saturated carbocycles. The van der Waals surface area contributed by atoms with Gasteiger partial charge < -0.3 is 9.84 Å². The zero-order valence-corrected chi connectivity index (χ0v) is 9.11. The number of rotatable bonds is 2. The van der Waals surface area contributed by atoms with Crippen LogP contribution in [0.15, 0.2) is 18.2 Å². The lowest BCUT2D eigenvalue weighted by atomic mass is 9.99. The number of fused-ring (bicyclic) bond motifs is 1. The summed E-state index contributed by atoms with van der Waals surface area (Å²) in [6.45, 7) is 3.90. The van der Waals surface area contributed by atoms with Crippen LogP contribution >= 0.6 is 0 Å². The lowest BCUT2D eigenvalue weighted by Crippen LogP contribution is -2.24. The number of carbonyl (C=O) groups excluding carboxylic acids is 1. The summed E-state index contributed by atoms with van der Waals surface area (Å²) in [7, 11) is 0. The Kier molecular flexibility index (Phi) is 2.22. The maximum Gasteiger partial charge on any atom is 0.377 e. The highest BCUT2D eigenvalue weighted by Crippen LogP contribution is 2.35. The fourth-order valence-electron chi connectivity index (χ4n) is 1.87. The summed E-state index contributed by atoms with van der Waals surface area (Å²) in [5, 5.41) is 8.61. The second kappa shape index (κ2) is 3.33. The largest absolute Gasteiger partial charge is 0.487 e. The van der Waals surface area contributed by atoms with Crippen LogP contribution in [0.2, 0.25) is 0 Å². The Hall–Kier alpha value is -1.84. The van der Waals surface area contributed by atoms with E-state index in [4.69, 9.17) is 9.84 Å². The Morgan fingerprint density at radius 1 is 1.38 bits per heavy atom. The van der Waals surface area contributed by atoms with Crippen LogP contribution in [0.3, 0.4) is 0 Å². The van der Waals surface area contributed by atoms with E-state index < -0.39 is 11.8 Å². The molecule has 0 aliphatic carbocycles. The van der Waals surface area contributed by atoms with Gasteiger partial charge in [0.25, 0.3) is 5.78 Å². The molecule has 0 atom stereocenters. The summed E-state index contributed by atoms with van der Waals surface area (Å²) in [6, 6.07) is 4.73. The van der Waals surface area contributed by atoms with E-state index in [2.05, 4.69) is 0 Å². The van der Waals surface area contributed by atoms with Crippen molar-refractivity contribution in [2.24, 2.45) is 0 Å². The van der Waals surface area contributed by atoms with Gasteiger partial charge in [0.2, 0.25) is 0 Å². The first-order chi connectivity index (χ1) is 7.39. The molecule has 1 aliphatic heterocycles. The molecular weight excluding hydrogens is 208 g/mol. The predicted molar refractivity (Wildman–Crippen MR) is 56.8 cm³/mol. The quantitative estimate of drug-likeness (QED) is 0.608. The van der Waals surface area contributed by atoms with Crippen LogP contribution in [0.1, 0.15) is 29.8 Å². The molecule has 0 saturated heterocycles. The van der Waals surface area contributed by atoms with E-state index in [0.717, 1.165) is 11.3 Å². The first kappa shape index (κ1) is 10.7. The predicted octanol–water partition coefficient (Wildman–Crippen LogP) is 1.67. The Balaban J connectivity index is 2.36. The van der Waals surface area contributed by atoms with Gasteiger partial charge in [0.1, 0.15) is 11.4 Å². The Bertz CT molecular complexity index is 474. The van der Waals surface area contributed by atoms with Gasteiger partial charge in [-0.1, -0.05) is 0 Å². The van der Waals surface area contributed by atoms with Gasteiger partial charge in [0.05, 0.1) is 0 Å². The summed E-state index contributed by atoms with van der Waals surface area (Å²) in [6.07, 6.45) is 0.684. The Labute approximate surface area is 92.8 Å². The van der Waals surface area contributed by atoms with Crippen molar-refractivity contribution in [1.29, 1.82) is 0 Å². The van der Waals surface area contributed by atoms with Gasteiger partial charge in [0, 0.05) is 12.0 Å². The molecule has 16 heavy (non-hydrogen) atoms. The molecule has 4 nitrogen and oxygen atoms in total. The Morgan fingerprint density at radius 2 is 2.06 bits per heavy atom. The van der Waals surface area contributed by atoms with Gasteiger partial charge in [-0.05, 0) is 37.6 Å². The maximum atomic E-state index is 11.3. The summed E-state index contributed by atoms with van der Waals surface area (Å²) in [5.41, 5.74) is 0.803. The number of carboxylic acids is 1. The topological polar surface area (TPSA) is 63.6 Å². The average Bonchev–Trinajstić information content (AvgIpc) is 2.48. The molecule has 0 aromatic heterocycles. The van der Waals surface area contributed by atoms with E-state index in [1.807, 2.05) is 13.8 Å². The lowest BCUT2D eigenvalue weighted by molar-refractivity contribution is -0.131. The monoisotopic (exact) mass is 220 g/mol. The van der Waals surface area contributed by atoms with Crippen molar-refractivity contribution in [3.8, 4) is 5.75 Å². The molecule has 1 N–H and O–H groups in total. The number of Topliss-reactive ketones (excluding diaryl/α,β-unsaturated/α-hetero) is 1. The van der Waals surface area contributed by atoms with Crippen molar-refractivity contribution >= 4 is 11.8 Å². The number of ketones is 1. The molecule has 0 unspecified atom stereocenters. The van der Waals surface area contributed by atoms with Gasteiger partial charge in [-0.3, -0.25) is 4.79 Å². The minimum absolute atomic E-state index is 0.201. The zero-order valence-electron chi connectivity index (χ0n) is 9.11. The molecule has 84 valence electrons. The first-order valence-electron chi connectivity index (χ1n) is 4.99. The second-order valence-electron chi connectivity index (χ2n) is 4.50. The third-order valence-electron chi connectivity index (χ3n) is 2.52. The van der Waals surface area contributed by atoms with Crippen molar-refractivity contribution < 1.29 is 19.4 Å². The minimum Gasteiger partial charge on any atom is -0.487 e. The second-order valence-corrected chi connectivity index (χ2v) is 4.50. The zero-order chi connectivity index (χ0) is 11.9. The van der Waals surface area contributed by atoms with E-state index in [9.17, 15) is 9.59 Å². The lowest BCUT2D eigenvalue weighted by Gasteiger charge is -2.16. The molecular formula is C12H12O4. The Morgan fingerprint density at radius 3 is 2.69 bits per heavy atom. The van der Waals surface area contributed by atoms with E-state index in [-0.39, 0.29) is 11.2 Å². The summed E-state index contributed by atoms with van der Waals surface area (Å²) in [4.78, 5) is 21.8. The van der Waals surface area contributed by atoms with Gasteiger partial charge >= 0.3 is 5.97 Å². The fraction of sp³-hybridized carbons (Fsp3) is 0.333. The van der Waals surface area contributed by atoms with Crippen LogP contribution in [0.5, 0.6) is 5.75 Å². The molecule has 0 spiro atoms. The van der Waals surface area contributed by atoms with E-state index >= 15 is 0 Å². The highest BCUT2D eigenvalue weighted by molar-refractivity contribution is 6.39. The van der Waals surface area contributed by atoms with Crippen LogP contribution < -0.4 is 4.74 Å². The third-order valence-corrected chi connectivity index (χ3v) is 2.52. The first-order valence-corrected chi connectivity index (χ1v) is 4.99. The number of aliphatic carboxylic acids is 1. The van der Waals surface area contributed by atoms with Crippen LogP contribution in [0.4, 0.5) is 0 Å². The van der Waals surface area contributed by atoms with E-state index in [1.165, 1.54) is 6.07 Å². The maximum absolute atomic E-state index is 11.3. The molecule has 1 aromatic carbocycles. The molecule has 0 fully saturated rings. The molecule has 0 amide bonds. The molecule has 0 radical (unpaired) electrons. The molecule has 1 aromatic rings. The number of carbonyl (C=O) groups is 2. The van der Waals surface area contributed by atoms with E-state index in [1.54, 1.807) is 12.1 Å². The molecule has 1 aliphatic rings. The number of ether oxygens (including phenoxy) is 1. The highest BCUT2D eigenvalue weighted by atomic mass is 16.5. The number of benzene rings is 1. The van der Waals surface area contributed by atoms with Gasteiger partial charge in [-0.15, -0.1) is 0 Å². The van der Waals surface area contributed by atoms with Gasteiger partial charge in [-0.25, -0.2) is 4.79 Å². The van der Waals surface area contributed by atoms with Crippen molar-refractivity contribution in [2.75, 3.05) is 0 Å². The van der Waals surface area contributed by atoms with Crippen LogP contribution in [0, 0.1) is 0 Å².